The smallest absolute Gasteiger partial charge is 0.210 e. The predicted molar refractivity (Wildman–Crippen MR) is 96.1 cm³/mol. The van der Waals surface area contributed by atoms with Gasteiger partial charge in [-0.3, -0.25) is 4.99 Å². The summed E-state index contributed by atoms with van der Waals surface area (Å²) < 4.78 is 21.7. The van der Waals surface area contributed by atoms with Crippen molar-refractivity contribution in [1.29, 1.82) is 0 Å². The number of primary sulfonamides is 1. The molecular weight excluding hydrogens is 391 g/mol. The fourth-order valence-electron chi connectivity index (χ4n) is 1.61. The first-order chi connectivity index (χ1) is 8.89. The molecular formula is C12H29IN4O2S. The highest BCUT2D eigenvalue weighted by molar-refractivity contribution is 14.0. The van der Waals surface area contributed by atoms with E-state index in [-0.39, 0.29) is 36.3 Å². The number of hydrogen-bond acceptors (Lipinski definition) is 3. The van der Waals surface area contributed by atoms with Gasteiger partial charge in [-0.2, -0.15) is 0 Å². The van der Waals surface area contributed by atoms with Crippen LogP contribution in [0.4, 0.5) is 0 Å². The topological polar surface area (TPSA) is 96.6 Å². The van der Waals surface area contributed by atoms with Crippen LogP contribution in [0.25, 0.3) is 0 Å². The molecule has 0 spiro atoms. The summed E-state index contributed by atoms with van der Waals surface area (Å²) in [5.41, 5.74) is 0. The van der Waals surface area contributed by atoms with Crippen molar-refractivity contribution in [3.05, 3.63) is 0 Å². The number of guanidine groups is 1. The number of halogens is 1. The quantitative estimate of drug-likeness (QED) is 0.228. The molecule has 0 bridgehead atoms. The fourth-order valence-corrected chi connectivity index (χ4v) is 1.96. The Labute approximate surface area is 140 Å². The third-order valence-electron chi connectivity index (χ3n) is 2.61. The second kappa shape index (κ2) is 12.6. The van der Waals surface area contributed by atoms with Crippen LogP contribution in [0.5, 0.6) is 0 Å². The van der Waals surface area contributed by atoms with E-state index in [1.807, 2.05) is 6.92 Å². The number of nitrogens with two attached hydrogens (primary N) is 1. The lowest BCUT2D eigenvalue weighted by Gasteiger charge is -2.17. The molecule has 0 saturated carbocycles. The first-order valence-electron chi connectivity index (χ1n) is 6.94. The molecule has 0 radical (unpaired) electrons. The summed E-state index contributed by atoms with van der Waals surface area (Å²) in [4.78, 5) is 4.20. The molecule has 122 valence electrons. The van der Waals surface area contributed by atoms with E-state index in [1.165, 1.54) is 19.3 Å². The van der Waals surface area contributed by atoms with Crippen LogP contribution in [0.2, 0.25) is 0 Å². The van der Waals surface area contributed by atoms with Crippen LogP contribution in [0.3, 0.4) is 0 Å². The van der Waals surface area contributed by atoms with Gasteiger partial charge in [-0.1, -0.05) is 26.2 Å². The van der Waals surface area contributed by atoms with Gasteiger partial charge in [0, 0.05) is 12.6 Å². The van der Waals surface area contributed by atoms with Gasteiger partial charge in [0.1, 0.15) is 0 Å². The van der Waals surface area contributed by atoms with Crippen LogP contribution in [0, 0.1) is 0 Å². The summed E-state index contributed by atoms with van der Waals surface area (Å²) in [7, 11) is -3.44. The maximum absolute atomic E-state index is 10.8. The Morgan fingerprint density at radius 1 is 1.30 bits per heavy atom. The van der Waals surface area contributed by atoms with E-state index in [2.05, 4.69) is 29.5 Å². The first-order valence-corrected chi connectivity index (χ1v) is 8.66. The molecule has 0 aliphatic rings. The van der Waals surface area contributed by atoms with E-state index in [9.17, 15) is 8.42 Å². The van der Waals surface area contributed by atoms with E-state index < -0.39 is 10.0 Å². The summed E-state index contributed by atoms with van der Waals surface area (Å²) >= 11 is 0. The van der Waals surface area contributed by atoms with Crippen molar-refractivity contribution in [2.45, 2.75) is 52.5 Å². The van der Waals surface area contributed by atoms with Crippen LogP contribution in [0.15, 0.2) is 4.99 Å². The highest BCUT2D eigenvalue weighted by Crippen LogP contribution is 2.02. The maximum atomic E-state index is 10.8. The molecule has 1 atom stereocenters. The molecule has 0 aromatic heterocycles. The molecule has 0 saturated heterocycles. The lowest BCUT2D eigenvalue weighted by molar-refractivity contribution is 0.547. The Hall–Kier alpha value is -0.0900. The molecule has 1 unspecified atom stereocenters. The third-order valence-corrected chi connectivity index (χ3v) is 3.37. The van der Waals surface area contributed by atoms with Crippen molar-refractivity contribution in [2.24, 2.45) is 10.1 Å². The zero-order valence-corrected chi connectivity index (χ0v) is 15.8. The summed E-state index contributed by atoms with van der Waals surface area (Å²) in [5, 5.41) is 11.3. The van der Waals surface area contributed by atoms with Gasteiger partial charge >= 0.3 is 0 Å². The van der Waals surface area contributed by atoms with Gasteiger partial charge in [0.25, 0.3) is 0 Å². The van der Waals surface area contributed by atoms with Gasteiger partial charge in [-0.25, -0.2) is 13.6 Å². The lowest BCUT2D eigenvalue weighted by atomic mass is 10.1. The van der Waals surface area contributed by atoms with Crippen LogP contribution in [-0.4, -0.2) is 39.3 Å². The molecule has 0 aromatic rings. The van der Waals surface area contributed by atoms with E-state index in [4.69, 9.17) is 5.14 Å². The monoisotopic (exact) mass is 420 g/mol. The van der Waals surface area contributed by atoms with Crippen molar-refractivity contribution >= 4 is 40.0 Å². The molecule has 0 amide bonds. The van der Waals surface area contributed by atoms with Gasteiger partial charge in [0.15, 0.2) is 5.96 Å². The first kappa shape index (κ1) is 22.2. The number of unbranched alkanes of at least 4 members (excludes halogenated alkanes) is 2. The van der Waals surface area contributed by atoms with Crippen molar-refractivity contribution in [1.82, 2.24) is 10.6 Å². The van der Waals surface area contributed by atoms with Crippen molar-refractivity contribution < 1.29 is 8.42 Å². The van der Waals surface area contributed by atoms with Gasteiger partial charge in [0.05, 0.1) is 12.3 Å². The van der Waals surface area contributed by atoms with Crippen molar-refractivity contribution in [2.75, 3.05) is 18.8 Å². The number of hydrogen-bond donors (Lipinski definition) is 3. The highest BCUT2D eigenvalue weighted by atomic mass is 127. The second-order valence-corrected chi connectivity index (χ2v) is 6.40. The molecule has 0 aliphatic heterocycles. The number of rotatable bonds is 9. The molecule has 0 aliphatic carbocycles. The van der Waals surface area contributed by atoms with Crippen molar-refractivity contribution in [3.8, 4) is 0 Å². The van der Waals surface area contributed by atoms with E-state index in [1.54, 1.807) is 0 Å². The van der Waals surface area contributed by atoms with Crippen LogP contribution < -0.4 is 15.8 Å². The van der Waals surface area contributed by atoms with Crippen LogP contribution in [-0.2, 0) is 10.0 Å². The summed E-state index contributed by atoms with van der Waals surface area (Å²) in [6, 6.07) is 0.318. The minimum Gasteiger partial charge on any atom is -0.357 e. The van der Waals surface area contributed by atoms with Gasteiger partial charge in [-0.15, -0.1) is 24.0 Å². The van der Waals surface area contributed by atoms with E-state index in [0.29, 0.717) is 12.0 Å². The minimum absolute atomic E-state index is 0. The molecule has 0 aromatic carbocycles. The van der Waals surface area contributed by atoms with E-state index in [0.717, 1.165) is 13.0 Å². The lowest BCUT2D eigenvalue weighted by Crippen LogP contribution is -2.42. The summed E-state index contributed by atoms with van der Waals surface area (Å²) in [6.07, 6.45) is 4.69. The van der Waals surface area contributed by atoms with Crippen LogP contribution in [0.1, 0.15) is 46.5 Å². The Kier molecular flexibility index (Phi) is 14.0. The molecule has 0 rings (SSSR count). The summed E-state index contributed by atoms with van der Waals surface area (Å²) in [6.45, 7) is 7.16. The Bertz CT molecular complexity index is 360. The van der Waals surface area contributed by atoms with Gasteiger partial charge in [0.2, 0.25) is 10.0 Å². The second-order valence-electron chi connectivity index (χ2n) is 4.67. The number of sulfonamides is 1. The standard InChI is InChI=1S/C12H28N4O2S.HI/c1-4-6-7-8-11(3)16-12(14-5-2)15-9-10-19(13,17)18;/h11H,4-10H2,1-3H3,(H2,13,17,18)(H2,14,15,16);1H. The Balaban J connectivity index is 0. The Morgan fingerprint density at radius 2 is 1.95 bits per heavy atom. The zero-order chi connectivity index (χ0) is 14.7. The van der Waals surface area contributed by atoms with Crippen LogP contribution >= 0.6 is 24.0 Å². The third kappa shape index (κ3) is 14.3. The largest absolute Gasteiger partial charge is 0.357 e. The highest BCUT2D eigenvalue weighted by Gasteiger charge is 2.06. The normalized spacial score (nSPS) is 13.5. The molecule has 0 fully saturated rings. The Morgan fingerprint density at radius 3 is 2.45 bits per heavy atom. The minimum atomic E-state index is -3.44. The zero-order valence-electron chi connectivity index (χ0n) is 12.7. The average molecular weight is 420 g/mol. The summed E-state index contributed by atoms with van der Waals surface area (Å²) in [5.74, 6) is 0.517. The predicted octanol–water partition coefficient (Wildman–Crippen LogP) is 1.42. The molecule has 8 heteroatoms. The molecule has 0 heterocycles. The van der Waals surface area contributed by atoms with Gasteiger partial charge < -0.3 is 10.6 Å². The number of nitrogens with zero attached hydrogens (tertiary/aromatic N) is 1. The maximum Gasteiger partial charge on any atom is 0.210 e. The average Bonchev–Trinajstić information content (AvgIpc) is 2.27. The fraction of sp³-hybridized carbons (Fsp3) is 0.917. The van der Waals surface area contributed by atoms with Crippen molar-refractivity contribution in [3.63, 3.8) is 0 Å². The number of aliphatic imine (C=N–C) groups is 1. The molecule has 6 nitrogen and oxygen atoms in total. The van der Waals surface area contributed by atoms with Gasteiger partial charge in [-0.05, 0) is 20.3 Å². The van der Waals surface area contributed by atoms with E-state index >= 15 is 0 Å². The molecule has 20 heavy (non-hydrogen) atoms. The SMILES string of the molecule is CCCCCC(C)NC(=NCCS(N)(=O)=O)NCC.I. The molecule has 4 N–H and O–H groups in total. The number of nitrogens with one attached hydrogen (secondary N) is 2.